The summed E-state index contributed by atoms with van der Waals surface area (Å²) in [5.74, 6) is 0.414. The maximum atomic E-state index is 10.6. The van der Waals surface area contributed by atoms with Crippen LogP contribution in [0.15, 0.2) is 18.2 Å². The Morgan fingerprint density at radius 3 is 2.95 bits per heavy atom. The molecule has 1 aliphatic heterocycles. The van der Waals surface area contributed by atoms with E-state index in [1.165, 1.54) is 0 Å². The Balaban J connectivity index is 1.68. The van der Waals surface area contributed by atoms with E-state index in [9.17, 15) is 4.79 Å². The van der Waals surface area contributed by atoms with Crippen LogP contribution in [0.3, 0.4) is 0 Å². The van der Waals surface area contributed by atoms with Gasteiger partial charge < -0.3 is 9.84 Å². The first-order chi connectivity index (χ1) is 10.0. The van der Waals surface area contributed by atoms with Gasteiger partial charge >= 0.3 is 5.97 Å². The Morgan fingerprint density at radius 1 is 1.43 bits per heavy atom. The van der Waals surface area contributed by atoms with Gasteiger partial charge in [-0.25, -0.2) is 0 Å². The highest BCUT2D eigenvalue weighted by atomic mass is 35.5. The van der Waals surface area contributed by atoms with Gasteiger partial charge in [-0.15, -0.1) is 0 Å². The van der Waals surface area contributed by atoms with E-state index in [0.29, 0.717) is 28.3 Å². The van der Waals surface area contributed by atoms with E-state index in [1.807, 2.05) is 0 Å². The fraction of sp³-hybridized carbons (Fsp3) is 0.533. The van der Waals surface area contributed by atoms with E-state index < -0.39 is 5.97 Å². The minimum Gasteiger partial charge on any atom is -0.491 e. The van der Waals surface area contributed by atoms with Crippen LogP contribution in [0.5, 0.6) is 5.75 Å². The number of carboxylic acid groups (broad SMARTS) is 1. The zero-order chi connectivity index (χ0) is 15.2. The van der Waals surface area contributed by atoms with Gasteiger partial charge in [-0.3, -0.25) is 9.69 Å². The second-order valence-electron chi connectivity index (χ2n) is 5.31. The lowest BCUT2D eigenvalue weighted by molar-refractivity contribution is -0.137. The van der Waals surface area contributed by atoms with Gasteiger partial charge in [0.2, 0.25) is 0 Å². The molecule has 0 amide bonds. The van der Waals surface area contributed by atoms with Gasteiger partial charge in [0.05, 0.1) is 5.02 Å². The molecule has 1 aliphatic rings. The Morgan fingerprint density at radius 2 is 2.24 bits per heavy atom. The summed E-state index contributed by atoms with van der Waals surface area (Å²) < 4.78 is 5.66. The highest BCUT2D eigenvalue weighted by Gasteiger charge is 2.22. The lowest BCUT2D eigenvalue weighted by atomic mass is 10.0. The minimum atomic E-state index is -0.714. The van der Waals surface area contributed by atoms with E-state index in [2.05, 4.69) is 4.90 Å². The van der Waals surface area contributed by atoms with Gasteiger partial charge in [0.25, 0.3) is 0 Å². The molecule has 2 rings (SSSR count). The van der Waals surface area contributed by atoms with E-state index >= 15 is 0 Å². The van der Waals surface area contributed by atoms with Gasteiger partial charge in [-0.05, 0) is 43.5 Å². The molecule has 4 nitrogen and oxygen atoms in total. The van der Waals surface area contributed by atoms with Crippen LogP contribution in [0.25, 0.3) is 0 Å². The zero-order valence-corrected chi connectivity index (χ0v) is 13.2. The number of carboxylic acids is 1. The normalized spacial score (nSPS) is 18.9. The fourth-order valence-electron chi connectivity index (χ4n) is 2.56. The molecule has 1 unspecified atom stereocenters. The molecule has 0 radical (unpaired) electrons. The molecular weight excluding hydrogens is 313 g/mol. The van der Waals surface area contributed by atoms with Gasteiger partial charge in [0.1, 0.15) is 12.4 Å². The van der Waals surface area contributed by atoms with Crippen molar-refractivity contribution < 1.29 is 14.6 Å². The first-order valence-electron chi connectivity index (χ1n) is 7.06. The summed E-state index contributed by atoms with van der Waals surface area (Å²) in [6.07, 6.45) is 2.08. The van der Waals surface area contributed by atoms with Crippen LogP contribution < -0.4 is 4.74 Å². The predicted molar refractivity (Wildman–Crippen MR) is 83.4 cm³/mol. The molecule has 0 aromatic heterocycles. The molecular formula is C15H19Cl2NO3. The number of aliphatic carboxylic acids is 1. The number of ether oxygens (including phenoxy) is 1. The molecule has 1 aromatic carbocycles. The summed E-state index contributed by atoms with van der Waals surface area (Å²) >= 11 is 11.9. The van der Waals surface area contributed by atoms with Gasteiger partial charge in [0, 0.05) is 24.5 Å². The molecule has 1 heterocycles. The number of nitrogens with zero attached hydrogens (tertiary/aromatic N) is 1. The number of carbonyl (C=O) groups is 1. The molecule has 0 spiro atoms. The SMILES string of the molecule is O=C(O)CCC1CCN(CCOc2ccc(Cl)cc2Cl)C1. The molecule has 1 aromatic rings. The van der Waals surface area contributed by atoms with E-state index in [4.69, 9.17) is 33.0 Å². The maximum Gasteiger partial charge on any atom is 0.303 e. The van der Waals surface area contributed by atoms with Crippen molar-refractivity contribution in [2.24, 2.45) is 5.92 Å². The number of hydrogen-bond acceptors (Lipinski definition) is 3. The second kappa shape index (κ2) is 7.87. The zero-order valence-electron chi connectivity index (χ0n) is 11.7. The van der Waals surface area contributed by atoms with Crippen molar-refractivity contribution >= 4 is 29.2 Å². The first-order valence-corrected chi connectivity index (χ1v) is 7.82. The summed E-state index contributed by atoms with van der Waals surface area (Å²) in [7, 11) is 0. The quantitative estimate of drug-likeness (QED) is 0.829. The number of benzene rings is 1. The summed E-state index contributed by atoms with van der Waals surface area (Å²) in [5, 5.41) is 9.80. The van der Waals surface area contributed by atoms with E-state index in [1.54, 1.807) is 18.2 Å². The standard InChI is InChI=1S/C15H19Cl2NO3/c16-12-2-3-14(13(17)9-12)21-8-7-18-6-5-11(10-18)1-4-15(19)20/h2-3,9,11H,1,4-8,10H2,(H,19,20). The molecule has 21 heavy (non-hydrogen) atoms. The van der Waals surface area contributed by atoms with Crippen molar-refractivity contribution in [1.29, 1.82) is 0 Å². The summed E-state index contributed by atoms with van der Waals surface area (Å²) in [6, 6.07) is 5.18. The Labute approximate surface area is 134 Å². The molecule has 1 N–H and O–H groups in total. The molecule has 6 heteroatoms. The van der Waals surface area contributed by atoms with Crippen molar-refractivity contribution in [3.63, 3.8) is 0 Å². The Hall–Kier alpha value is -0.970. The molecule has 1 atom stereocenters. The van der Waals surface area contributed by atoms with Crippen molar-refractivity contribution in [2.75, 3.05) is 26.2 Å². The molecule has 0 bridgehead atoms. The van der Waals surface area contributed by atoms with Gasteiger partial charge in [-0.1, -0.05) is 23.2 Å². The average Bonchev–Trinajstić information content (AvgIpc) is 2.87. The Kier molecular flexibility index (Phi) is 6.15. The monoisotopic (exact) mass is 331 g/mol. The van der Waals surface area contributed by atoms with Crippen LogP contribution >= 0.6 is 23.2 Å². The first kappa shape index (κ1) is 16.4. The summed E-state index contributed by atoms with van der Waals surface area (Å²) in [4.78, 5) is 12.9. The van der Waals surface area contributed by atoms with Crippen LogP contribution in [0, 0.1) is 5.92 Å². The van der Waals surface area contributed by atoms with Crippen molar-refractivity contribution in [3.8, 4) is 5.75 Å². The van der Waals surface area contributed by atoms with Crippen molar-refractivity contribution in [2.45, 2.75) is 19.3 Å². The molecule has 0 saturated carbocycles. The lowest BCUT2D eigenvalue weighted by Crippen LogP contribution is -2.26. The largest absolute Gasteiger partial charge is 0.491 e. The minimum absolute atomic E-state index is 0.259. The van der Waals surface area contributed by atoms with Crippen molar-refractivity contribution in [1.82, 2.24) is 4.90 Å². The third kappa shape index (κ3) is 5.38. The van der Waals surface area contributed by atoms with Crippen LogP contribution in [-0.2, 0) is 4.79 Å². The fourth-order valence-corrected chi connectivity index (χ4v) is 3.02. The molecule has 116 valence electrons. The number of likely N-dealkylation sites (tertiary alicyclic amines) is 1. The third-order valence-electron chi connectivity index (χ3n) is 3.70. The average molecular weight is 332 g/mol. The van der Waals surface area contributed by atoms with Crippen molar-refractivity contribution in [3.05, 3.63) is 28.2 Å². The topological polar surface area (TPSA) is 49.8 Å². The predicted octanol–water partition coefficient (Wildman–Crippen LogP) is 3.56. The number of hydrogen-bond donors (Lipinski definition) is 1. The van der Waals surface area contributed by atoms with E-state index in [0.717, 1.165) is 32.5 Å². The second-order valence-corrected chi connectivity index (χ2v) is 6.15. The van der Waals surface area contributed by atoms with Gasteiger partial charge in [0.15, 0.2) is 0 Å². The van der Waals surface area contributed by atoms with Crippen LogP contribution in [0.2, 0.25) is 10.0 Å². The number of halogens is 2. The molecule has 1 fully saturated rings. The summed E-state index contributed by atoms with van der Waals surface area (Å²) in [6.45, 7) is 3.34. The lowest BCUT2D eigenvalue weighted by Gasteiger charge is -2.16. The number of rotatable bonds is 7. The Bertz CT molecular complexity index is 496. The molecule has 1 saturated heterocycles. The van der Waals surface area contributed by atoms with Crippen LogP contribution in [0.1, 0.15) is 19.3 Å². The van der Waals surface area contributed by atoms with Gasteiger partial charge in [-0.2, -0.15) is 0 Å². The smallest absolute Gasteiger partial charge is 0.303 e. The highest BCUT2D eigenvalue weighted by molar-refractivity contribution is 6.35. The highest BCUT2D eigenvalue weighted by Crippen LogP contribution is 2.27. The molecule has 0 aliphatic carbocycles. The van der Waals surface area contributed by atoms with Crippen LogP contribution in [-0.4, -0.2) is 42.2 Å². The van der Waals surface area contributed by atoms with Crippen LogP contribution in [0.4, 0.5) is 0 Å². The third-order valence-corrected chi connectivity index (χ3v) is 4.23. The maximum absolute atomic E-state index is 10.6. The summed E-state index contributed by atoms with van der Waals surface area (Å²) in [5.41, 5.74) is 0. The van der Waals surface area contributed by atoms with E-state index in [-0.39, 0.29) is 6.42 Å².